The highest BCUT2D eigenvalue weighted by Crippen LogP contribution is 2.24. The maximum absolute atomic E-state index is 13.9. The quantitative estimate of drug-likeness (QED) is 0.933. The third-order valence-corrected chi connectivity index (χ3v) is 3.76. The van der Waals surface area contributed by atoms with E-state index >= 15 is 0 Å². The molecule has 1 atom stereocenters. The predicted octanol–water partition coefficient (Wildman–Crippen LogP) is 1.80. The normalized spacial score (nSPS) is 18.0. The van der Waals surface area contributed by atoms with Crippen LogP contribution in [-0.2, 0) is 11.3 Å². The molecule has 2 aromatic rings. The Kier molecular flexibility index (Phi) is 4.52. The number of rotatable bonds is 3. The lowest BCUT2D eigenvalue weighted by Gasteiger charge is -2.33. The summed E-state index contributed by atoms with van der Waals surface area (Å²) in [6.45, 7) is 3.09. The van der Waals surface area contributed by atoms with Gasteiger partial charge < -0.3 is 15.0 Å². The SMILES string of the molecule is Cc1nonc1CNC(=O)N1CCOC(c2ccccc2F)C1. The molecule has 7 nitrogen and oxygen atoms in total. The molecule has 0 spiro atoms. The third-order valence-electron chi connectivity index (χ3n) is 3.76. The van der Waals surface area contributed by atoms with Gasteiger partial charge in [0.25, 0.3) is 0 Å². The van der Waals surface area contributed by atoms with E-state index in [9.17, 15) is 9.18 Å². The summed E-state index contributed by atoms with van der Waals surface area (Å²) in [7, 11) is 0. The molecule has 3 rings (SSSR count). The molecule has 1 saturated heterocycles. The molecule has 8 heteroatoms. The first-order chi connectivity index (χ1) is 11.1. The fraction of sp³-hybridized carbons (Fsp3) is 0.400. The van der Waals surface area contributed by atoms with Gasteiger partial charge in [-0.1, -0.05) is 28.5 Å². The summed E-state index contributed by atoms with van der Waals surface area (Å²) in [4.78, 5) is 13.9. The van der Waals surface area contributed by atoms with Crippen molar-refractivity contribution in [3.05, 3.63) is 47.0 Å². The summed E-state index contributed by atoms with van der Waals surface area (Å²) < 4.78 is 24.0. The van der Waals surface area contributed by atoms with Crippen LogP contribution in [0.1, 0.15) is 23.1 Å². The lowest BCUT2D eigenvalue weighted by Crippen LogP contribution is -2.47. The molecule has 2 amide bonds. The number of hydrogen-bond donors (Lipinski definition) is 1. The zero-order valence-electron chi connectivity index (χ0n) is 12.7. The Hall–Kier alpha value is -2.48. The number of aryl methyl sites for hydroxylation is 1. The summed E-state index contributed by atoms with van der Waals surface area (Å²) in [5.41, 5.74) is 1.68. The van der Waals surface area contributed by atoms with Crippen LogP contribution in [0, 0.1) is 12.7 Å². The fourth-order valence-electron chi connectivity index (χ4n) is 2.44. The number of hydrogen-bond acceptors (Lipinski definition) is 5. The minimum Gasteiger partial charge on any atom is -0.370 e. The van der Waals surface area contributed by atoms with Gasteiger partial charge in [0.05, 0.1) is 19.7 Å². The van der Waals surface area contributed by atoms with E-state index in [1.54, 1.807) is 30.0 Å². The van der Waals surface area contributed by atoms with Crippen LogP contribution < -0.4 is 5.32 Å². The first-order valence-corrected chi connectivity index (χ1v) is 7.32. The highest BCUT2D eigenvalue weighted by atomic mass is 19.1. The van der Waals surface area contributed by atoms with Crippen molar-refractivity contribution in [2.45, 2.75) is 19.6 Å². The fourth-order valence-corrected chi connectivity index (χ4v) is 2.44. The van der Waals surface area contributed by atoms with E-state index in [1.807, 2.05) is 0 Å². The van der Waals surface area contributed by atoms with Crippen LogP contribution in [0.3, 0.4) is 0 Å². The van der Waals surface area contributed by atoms with Gasteiger partial charge in [-0.05, 0) is 13.0 Å². The second-order valence-corrected chi connectivity index (χ2v) is 5.28. The molecule has 0 bridgehead atoms. The van der Waals surface area contributed by atoms with Crippen molar-refractivity contribution in [2.75, 3.05) is 19.7 Å². The second kappa shape index (κ2) is 6.74. The number of urea groups is 1. The van der Waals surface area contributed by atoms with Gasteiger partial charge in [0, 0.05) is 12.1 Å². The predicted molar refractivity (Wildman–Crippen MR) is 77.9 cm³/mol. The molecule has 1 fully saturated rings. The van der Waals surface area contributed by atoms with Crippen molar-refractivity contribution < 1.29 is 18.6 Å². The smallest absolute Gasteiger partial charge is 0.317 e. The highest BCUT2D eigenvalue weighted by molar-refractivity contribution is 5.74. The average Bonchev–Trinajstić information content (AvgIpc) is 2.98. The van der Waals surface area contributed by atoms with Gasteiger partial charge in [0.1, 0.15) is 23.3 Å². The van der Waals surface area contributed by atoms with Crippen LogP contribution in [0.5, 0.6) is 0 Å². The molecule has 122 valence electrons. The Morgan fingerprint density at radius 1 is 1.43 bits per heavy atom. The molecule has 1 aromatic heterocycles. The number of morpholine rings is 1. The maximum Gasteiger partial charge on any atom is 0.317 e. The van der Waals surface area contributed by atoms with Gasteiger partial charge in [-0.3, -0.25) is 0 Å². The lowest BCUT2D eigenvalue weighted by atomic mass is 10.1. The Labute approximate surface area is 132 Å². The molecule has 2 heterocycles. The average molecular weight is 320 g/mol. The Morgan fingerprint density at radius 2 is 2.26 bits per heavy atom. The lowest BCUT2D eigenvalue weighted by molar-refractivity contribution is -0.0171. The van der Waals surface area contributed by atoms with E-state index in [-0.39, 0.29) is 18.4 Å². The van der Waals surface area contributed by atoms with E-state index in [4.69, 9.17) is 4.74 Å². The summed E-state index contributed by atoms with van der Waals surface area (Å²) in [6.07, 6.45) is -0.467. The second-order valence-electron chi connectivity index (χ2n) is 5.28. The monoisotopic (exact) mass is 320 g/mol. The van der Waals surface area contributed by atoms with E-state index in [2.05, 4.69) is 20.3 Å². The minimum atomic E-state index is -0.467. The topological polar surface area (TPSA) is 80.5 Å². The first kappa shape index (κ1) is 15.4. The molecule has 1 aromatic carbocycles. The molecule has 1 N–H and O–H groups in total. The molecular weight excluding hydrogens is 303 g/mol. The Morgan fingerprint density at radius 3 is 3.00 bits per heavy atom. The van der Waals surface area contributed by atoms with Crippen LogP contribution in [0.2, 0.25) is 0 Å². The van der Waals surface area contributed by atoms with Gasteiger partial charge in [0.15, 0.2) is 0 Å². The van der Waals surface area contributed by atoms with E-state index in [0.717, 1.165) is 0 Å². The van der Waals surface area contributed by atoms with Gasteiger partial charge in [-0.15, -0.1) is 0 Å². The molecular formula is C15H17FN4O3. The van der Waals surface area contributed by atoms with E-state index < -0.39 is 6.10 Å². The van der Waals surface area contributed by atoms with Crippen LogP contribution in [0.15, 0.2) is 28.9 Å². The molecule has 0 aliphatic carbocycles. The van der Waals surface area contributed by atoms with Crippen molar-refractivity contribution in [1.29, 1.82) is 0 Å². The summed E-state index contributed by atoms with van der Waals surface area (Å²) in [6, 6.07) is 6.18. The zero-order valence-corrected chi connectivity index (χ0v) is 12.7. The van der Waals surface area contributed by atoms with Crippen molar-refractivity contribution in [3.63, 3.8) is 0 Å². The van der Waals surface area contributed by atoms with Crippen LogP contribution in [0.25, 0.3) is 0 Å². The van der Waals surface area contributed by atoms with Crippen LogP contribution >= 0.6 is 0 Å². The molecule has 0 saturated carbocycles. The van der Waals surface area contributed by atoms with Crippen LogP contribution in [-0.4, -0.2) is 40.9 Å². The van der Waals surface area contributed by atoms with Crippen molar-refractivity contribution in [1.82, 2.24) is 20.5 Å². The minimum absolute atomic E-state index is 0.232. The maximum atomic E-state index is 13.9. The van der Waals surface area contributed by atoms with Crippen molar-refractivity contribution in [2.24, 2.45) is 0 Å². The van der Waals surface area contributed by atoms with Crippen molar-refractivity contribution in [3.8, 4) is 0 Å². The number of halogens is 1. The van der Waals surface area contributed by atoms with Crippen molar-refractivity contribution >= 4 is 6.03 Å². The third kappa shape index (κ3) is 3.48. The Bertz CT molecular complexity index is 691. The highest BCUT2D eigenvalue weighted by Gasteiger charge is 2.27. The number of carbonyl (C=O) groups is 1. The number of carbonyl (C=O) groups excluding carboxylic acids is 1. The number of aromatic nitrogens is 2. The molecule has 23 heavy (non-hydrogen) atoms. The molecule has 0 radical (unpaired) electrons. The van der Waals surface area contributed by atoms with Gasteiger partial charge >= 0.3 is 6.03 Å². The number of amides is 2. The number of nitrogens with one attached hydrogen (secondary N) is 1. The first-order valence-electron chi connectivity index (χ1n) is 7.32. The summed E-state index contributed by atoms with van der Waals surface area (Å²) >= 11 is 0. The Balaban J connectivity index is 1.61. The molecule has 1 aliphatic heterocycles. The number of ether oxygens (including phenoxy) is 1. The molecule has 1 unspecified atom stereocenters. The molecule has 1 aliphatic rings. The number of benzene rings is 1. The van der Waals surface area contributed by atoms with E-state index in [0.29, 0.717) is 36.6 Å². The van der Waals surface area contributed by atoms with Gasteiger partial charge in [-0.2, -0.15) is 0 Å². The van der Waals surface area contributed by atoms with E-state index in [1.165, 1.54) is 6.07 Å². The zero-order chi connectivity index (χ0) is 16.2. The van der Waals surface area contributed by atoms with Gasteiger partial charge in [0.2, 0.25) is 0 Å². The number of nitrogens with zero attached hydrogens (tertiary/aromatic N) is 3. The van der Waals surface area contributed by atoms with Crippen LogP contribution in [0.4, 0.5) is 9.18 Å². The summed E-state index contributed by atoms with van der Waals surface area (Å²) in [5, 5.41) is 10.1. The van der Waals surface area contributed by atoms with Gasteiger partial charge in [-0.25, -0.2) is 13.8 Å². The standard InChI is InChI=1S/C15H17FN4O3/c1-10-13(19-23-18-10)8-17-15(21)20-6-7-22-14(9-20)11-4-2-3-5-12(11)16/h2-5,14H,6-9H2,1H3,(H,17,21). The largest absolute Gasteiger partial charge is 0.370 e. The summed E-state index contributed by atoms with van der Waals surface area (Å²) in [5.74, 6) is -0.330.